The molecule has 0 radical (unpaired) electrons. The van der Waals surface area contributed by atoms with Gasteiger partial charge in [0, 0.05) is 5.56 Å². The van der Waals surface area contributed by atoms with Crippen LogP contribution < -0.4 is 0 Å². The highest BCUT2D eigenvalue weighted by Crippen LogP contribution is 2.35. The molecule has 0 aliphatic carbocycles. The summed E-state index contributed by atoms with van der Waals surface area (Å²) in [6.07, 6.45) is 1.71. The molecule has 0 amide bonds. The molecule has 6 heteroatoms. The van der Waals surface area contributed by atoms with Gasteiger partial charge in [-0.05, 0) is 39.3 Å². The maximum atomic E-state index is 5.76. The van der Waals surface area contributed by atoms with E-state index in [2.05, 4.69) is 28.2 Å². The molecule has 114 valence electrons. The number of hydrogen-bond donors (Lipinski definition) is 0. The Kier molecular flexibility index (Phi) is 4.02. The van der Waals surface area contributed by atoms with Gasteiger partial charge < -0.3 is 8.83 Å². The van der Waals surface area contributed by atoms with Gasteiger partial charge >= 0.3 is 0 Å². The number of oxazole rings is 1. The number of thioether (sulfide) groups is 1. The molecule has 0 saturated heterocycles. The molecule has 0 aliphatic heterocycles. The average molecular weight is 315 g/mol. The Bertz CT molecular complexity index is 794. The number of rotatable bonds is 4. The smallest absolute Gasteiger partial charge is 0.277 e. The Hall–Kier alpha value is -2.08. The fourth-order valence-corrected chi connectivity index (χ4v) is 2.91. The minimum atomic E-state index is 0.0149. The molecule has 3 aromatic rings. The summed E-state index contributed by atoms with van der Waals surface area (Å²) in [4.78, 5) is 4.22. The lowest BCUT2D eigenvalue weighted by molar-refractivity contribution is 0.455. The highest BCUT2D eigenvalue weighted by Gasteiger charge is 2.18. The van der Waals surface area contributed by atoms with Crippen molar-refractivity contribution in [3.05, 3.63) is 47.2 Å². The second-order valence-corrected chi connectivity index (χ2v) is 6.55. The molecule has 0 fully saturated rings. The fourth-order valence-electron chi connectivity index (χ4n) is 2.18. The molecule has 0 aliphatic rings. The number of aromatic nitrogens is 3. The number of benzene rings is 1. The van der Waals surface area contributed by atoms with E-state index in [1.54, 1.807) is 6.20 Å². The van der Waals surface area contributed by atoms with Crippen molar-refractivity contribution in [2.24, 2.45) is 0 Å². The maximum absolute atomic E-state index is 5.76. The SMILES string of the molecule is Cc1ccc(-c2nnc(SC(C)c3ncc(C)o3)o2)c(C)c1. The number of aryl methyl sites for hydroxylation is 3. The van der Waals surface area contributed by atoms with E-state index in [0.29, 0.717) is 17.0 Å². The van der Waals surface area contributed by atoms with Gasteiger partial charge in [0.1, 0.15) is 5.76 Å². The zero-order valence-electron chi connectivity index (χ0n) is 13.0. The van der Waals surface area contributed by atoms with Crippen LogP contribution in [0.15, 0.2) is 38.5 Å². The monoisotopic (exact) mass is 315 g/mol. The number of hydrogen-bond acceptors (Lipinski definition) is 6. The van der Waals surface area contributed by atoms with Gasteiger partial charge in [0.25, 0.3) is 5.22 Å². The van der Waals surface area contributed by atoms with Gasteiger partial charge in [-0.3, -0.25) is 0 Å². The van der Waals surface area contributed by atoms with Crippen molar-refractivity contribution in [3.63, 3.8) is 0 Å². The summed E-state index contributed by atoms with van der Waals surface area (Å²) < 4.78 is 11.3. The topological polar surface area (TPSA) is 65.0 Å². The number of nitrogens with zero attached hydrogens (tertiary/aromatic N) is 3. The van der Waals surface area contributed by atoms with Crippen molar-refractivity contribution in [1.82, 2.24) is 15.2 Å². The average Bonchev–Trinajstić information content (AvgIpc) is 3.08. The fraction of sp³-hybridized carbons (Fsp3) is 0.312. The van der Waals surface area contributed by atoms with Crippen molar-refractivity contribution in [2.45, 2.75) is 38.2 Å². The molecule has 5 nitrogen and oxygen atoms in total. The maximum Gasteiger partial charge on any atom is 0.277 e. The summed E-state index contributed by atoms with van der Waals surface area (Å²) in [5.41, 5.74) is 3.30. The normalized spacial score (nSPS) is 12.5. The van der Waals surface area contributed by atoms with Gasteiger partial charge in [-0.1, -0.05) is 29.5 Å². The zero-order valence-corrected chi connectivity index (χ0v) is 13.8. The highest BCUT2D eigenvalue weighted by molar-refractivity contribution is 7.99. The van der Waals surface area contributed by atoms with Crippen molar-refractivity contribution >= 4 is 11.8 Å². The van der Waals surface area contributed by atoms with Gasteiger partial charge in [0.05, 0.1) is 11.4 Å². The third-order valence-corrected chi connectivity index (χ3v) is 4.21. The van der Waals surface area contributed by atoms with Gasteiger partial charge in [0.2, 0.25) is 11.8 Å². The third kappa shape index (κ3) is 3.06. The Morgan fingerprint density at radius 1 is 1.09 bits per heavy atom. The Morgan fingerprint density at radius 3 is 2.59 bits per heavy atom. The summed E-state index contributed by atoms with van der Waals surface area (Å²) in [6, 6.07) is 6.15. The van der Waals surface area contributed by atoms with E-state index < -0.39 is 0 Å². The van der Waals surface area contributed by atoms with Crippen LogP contribution in [0.3, 0.4) is 0 Å². The largest absolute Gasteiger partial charge is 0.445 e. The van der Waals surface area contributed by atoms with E-state index in [-0.39, 0.29) is 5.25 Å². The van der Waals surface area contributed by atoms with Crippen molar-refractivity contribution < 1.29 is 8.83 Å². The first-order chi connectivity index (χ1) is 10.5. The van der Waals surface area contributed by atoms with E-state index in [1.807, 2.05) is 32.9 Å². The summed E-state index contributed by atoms with van der Waals surface area (Å²) in [6.45, 7) is 7.97. The van der Waals surface area contributed by atoms with Crippen LogP contribution in [0.4, 0.5) is 0 Å². The first-order valence-electron chi connectivity index (χ1n) is 7.03. The molecule has 0 spiro atoms. The molecular weight excluding hydrogens is 298 g/mol. The molecule has 22 heavy (non-hydrogen) atoms. The summed E-state index contributed by atoms with van der Waals surface area (Å²) >= 11 is 1.44. The Balaban J connectivity index is 1.79. The second-order valence-electron chi connectivity index (χ2n) is 5.26. The van der Waals surface area contributed by atoms with Crippen molar-refractivity contribution in [2.75, 3.05) is 0 Å². The molecular formula is C16H17N3O2S. The lowest BCUT2D eigenvalue weighted by Crippen LogP contribution is -1.87. The lowest BCUT2D eigenvalue weighted by atomic mass is 10.1. The summed E-state index contributed by atoms with van der Waals surface area (Å²) in [5.74, 6) is 1.99. The molecule has 0 saturated carbocycles. The summed E-state index contributed by atoms with van der Waals surface area (Å²) in [5, 5.41) is 8.77. The molecule has 0 bridgehead atoms. The highest BCUT2D eigenvalue weighted by atomic mass is 32.2. The van der Waals surface area contributed by atoms with Gasteiger partial charge in [-0.2, -0.15) is 0 Å². The van der Waals surface area contributed by atoms with E-state index in [4.69, 9.17) is 8.83 Å². The van der Waals surface area contributed by atoms with Crippen LogP contribution in [0, 0.1) is 20.8 Å². The molecule has 2 heterocycles. The zero-order chi connectivity index (χ0) is 15.7. The van der Waals surface area contributed by atoms with Crippen LogP contribution in [-0.4, -0.2) is 15.2 Å². The first kappa shape index (κ1) is 14.8. The predicted molar refractivity (Wildman–Crippen MR) is 84.7 cm³/mol. The van der Waals surface area contributed by atoms with E-state index in [0.717, 1.165) is 16.9 Å². The molecule has 1 atom stereocenters. The van der Waals surface area contributed by atoms with Gasteiger partial charge in [-0.25, -0.2) is 4.98 Å². The van der Waals surface area contributed by atoms with E-state index in [9.17, 15) is 0 Å². The minimum absolute atomic E-state index is 0.0149. The van der Waals surface area contributed by atoms with E-state index in [1.165, 1.54) is 17.3 Å². The molecule has 1 aromatic carbocycles. The predicted octanol–water partition coefficient (Wildman–Crippen LogP) is 4.50. The quantitative estimate of drug-likeness (QED) is 0.660. The first-order valence-corrected chi connectivity index (χ1v) is 7.91. The lowest BCUT2D eigenvalue weighted by Gasteiger charge is -2.03. The van der Waals surface area contributed by atoms with Crippen LogP contribution in [-0.2, 0) is 0 Å². The van der Waals surface area contributed by atoms with Crippen LogP contribution in [0.1, 0.15) is 35.0 Å². The standard InChI is InChI=1S/C16H17N3O2S/c1-9-5-6-13(10(2)7-9)15-18-19-16(21-15)22-12(4)14-17-8-11(3)20-14/h5-8,12H,1-4H3. The van der Waals surface area contributed by atoms with Gasteiger partial charge in [-0.15, -0.1) is 10.2 Å². The van der Waals surface area contributed by atoms with Crippen LogP contribution >= 0.6 is 11.8 Å². The van der Waals surface area contributed by atoms with Gasteiger partial charge in [0.15, 0.2) is 0 Å². The van der Waals surface area contributed by atoms with Crippen molar-refractivity contribution in [1.29, 1.82) is 0 Å². The van der Waals surface area contributed by atoms with E-state index >= 15 is 0 Å². The molecule has 0 N–H and O–H groups in total. The van der Waals surface area contributed by atoms with Crippen LogP contribution in [0.25, 0.3) is 11.5 Å². The van der Waals surface area contributed by atoms with Crippen LogP contribution in [0.5, 0.6) is 0 Å². The van der Waals surface area contributed by atoms with Crippen LogP contribution in [0.2, 0.25) is 0 Å². The summed E-state index contributed by atoms with van der Waals surface area (Å²) in [7, 11) is 0. The van der Waals surface area contributed by atoms with Crippen molar-refractivity contribution in [3.8, 4) is 11.5 Å². The minimum Gasteiger partial charge on any atom is -0.445 e. The Labute approximate surface area is 133 Å². The molecule has 2 aromatic heterocycles. The molecule has 1 unspecified atom stereocenters. The Morgan fingerprint density at radius 2 is 1.91 bits per heavy atom. The third-order valence-electron chi connectivity index (χ3n) is 3.28. The second kappa shape index (κ2) is 5.96. The molecule has 3 rings (SSSR count).